The molecule has 0 spiro atoms. The third-order valence-corrected chi connectivity index (χ3v) is 6.56. The average molecular weight is 417 g/mol. The van der Waals surface area contributed by atoms with Gasteiger partial charge in [0.1, 0.15) is 23.0 Å². The maximum atomic E-state index is 13.9. The van der Waals surface area contributed by atoms with Gasteiger partial charge in [0, 0.05) is 16.5 Å². The minimum absolute atomic E-state index is 0.182. The molecule has 3 aromatic rings. The number of halogens is 2. The van der Waals surface area contributed by atoms with E-state index >= 15 is 0 Å². The van der Waals surface area contributed by atoms with E-state index in [9.17, 15) is 18.4 Å². The lowest BCUT2D eigenvalue weighted by Gasteiger charge is -2.17. The zero-order valence-electron chi connectivity index (χ0n) is 16.2. The van der Waals surface area contributed by atoms with Crippen molar-refractivity contribution in [3.05, 3.63) is 62.5 Å². The van der Waals surface area contributed by atoms with E-state index in [1.807, 2.05) is 0 Å². The lowest BCUT2D eigenvalue weighted by molar-refractivity contribution is -0.122. The van der Waals surface area contributed by atoms with Crippen LogP contribution < -0.4 is 10.9 Å². The van der Waals surface area contributed by atoms with Crippen molar-refractivity contribution in [3.8, 4) is 0 Å². The van der Waals surface area contributed by atoms with E-state index in [-0.39, 0.29) is 17.7 Å². The molecule has 2 heterocycles. The summed E-state index contributed by atoms with van der Waals surface area (Å²) in [6.45, 7) is 3.60. The molecule has 0 radical (unpaired) electrons. The van der Waals surface area contributed by atoms with Gasteiger partial charge in [-0.2, -0.15) is 0 Å². The standard InChI is InChI=1S/C21H21F2N3O2S/c1-11-3-5-15-17(7-11)29-20-19(15)21(28)26(10-24-20)9-18(27)25-12(2)14-6-4-13(22)8-16(14)23/h4,6,8,10-12H,3,5,7,9H2,1-2H3,(H,25,27)/t11-,12-/m1/s1. The van der Waals surface area contributed by atoms with Gasteiger partial charge in [0.25, 0.3) is 5.56 Å². The van der Waals surface area contributed by atoms with Gasteiger partial charge in [-0.3, -0.25) is 14.2 Å². The number of benzene rings is 1. The van der Waals surface area contributed by atoms with E-state index in [4.69, 9.17) is 0 Å². The van der Waals surface area contributed by atoms with Crippen molar-refractivity contribution >= 4 is 27.5 Å². The zero-order chi connectivity index (χ0) is 20.7. The molecular formula is C21H21F2N3O2S. The molecule has 1 N–H and O–H groups in total. The third kappa shape index (κ3) is 3.81. The molecule has 2 aromatic heterocycles. The van der Waals surface area contributed by atoms with Crippen LogP contribution in [-0.4, -0.2) is 15.5 Å². The molecule has 1 aliphatic carbocycles. The van der Waals surface area contributed by atoms with Crippen molar-refractivity contribution in [2.75, 3.05) is 0 Å². The molecule has 8 heteroatoms. The Kier molecular flexibility index (Phi) is 5.21. The van der Waals surface area contributed by atoms with Gasteiger partial charge in [-0.25, -0.2) is 13.8 Å². The third-order valence-electron chi connectivity index (χ3n) is 5.40. The molecule has 0 aliphatic heterocycles. The summed E-state index contributed by atoms with van der Waals surface area (Å²) in [7, 11) is 0. The summed E-state index contributed by atoms with van der Waals surface area (Å²) in [6, 6.07) is 2.56. The molecule has 0 saturated heterocycles. The number of hydrogen-bond acceptors (Lipinski definition) is 4. The largest absolute Gasteiger partial charge is 0.348 e. The summed E-state index contributed by atoms with van der Waals surface area (Å²) >= 11 is 1.56. The van der Waals surface area contributed by atoms with Gasteiger partial charge in [-0.1, -0.05) is 13.0 Å². The maximum absolute atomic E-state index is 13.9. The number of amides is 1. The minimum atomic E-state index is -0.725. The minimum Gasteiger partial charge on any atom is -0.348 e. The first kappa shape index (κ1) is 19.7. The van der Waals surface area contributed by atoms with Crippen molar-refractivity contribution in [1.29, 1.82) is 0 Å². The van der Waals surface area contributed by atoms with Crippen LogP contribution in [-0.2, 0) is 24.2 Å². The van der Waals surface area contributed by atoms with Gasteiger partial charge in [0.15, 0.2) is 0 Å². The smallest absolute Gasteiger partial charge is 0.262 e. The first-order valence-electron chi connectivity index (χ1n) is 9.57. The molecule has 29 heavy (non-hydrogen) atoms. The van der Waals surface area contributed by atoms with E-state index in [0.29, 0.717) is 16.1 Å². The number of aromatic nitrogens is 2. The molecule has 4 rings (SSSR count). The lowest BCUT2D eigenvalue weighted by atomic mass is 9.89. The summed E-state index contributed by atoms with van der Waals surface area (Å²) in [6.07, 6.45) is 4.23. The molecule has 0 unspecified atom stereocenters. The molecule has 0 fully saturated rings. The fourth-order valence-electron chi connectivity index (χ4n) is 3.85. The Morgan fingerprint density at radius 2 is 2.21 bits per heavy atom. The van der Waals surface area contributed by atoms with Crippen LogP contribution in [0.1, 0.15) is 42.3 Å². The summed E-state index contributed by atoms with van der Waals surface area (Å²) in [5.74, 6) is -1.25. The number of carbonyl (C=O) groups is 1. The Morgan fingerprint density at radius 1 is 1.41 bits per heavy atom. The van der Waals surface area contributed by atoms with E-state index in [2.05, 4.69) is 17.2 Å². The second kappa shape index (κ2) is 7.67. The van der Waals surface area contributed by atoms with Gasteiger partial charge in [-0.15, -0.1) is 11.3 Å². The monoisotopic (exact) mass is 417 g/mol. The highest BCUT2D eigenvalue weighted by atomic mass is 32.1. The van der Waals surface area contributed by atoms with Gasteiger partial charge in [0.05, 0.1) is 17.8 Å². The van der Waals surface area contributed by atoms with Crippen molar-refractivity contribution in [2.45, 2.75) is 45.7 Å². The number of thiophene rings is 1. The Labute approximate surface area is 170 Å². The van der Waals surface area contributed by atoms with Crippen LogP contribution in [0.15, 0.2) is 29.3 Å². The molecule has 0 saturated carbocycles. The number of hydrogen-bond donors (Lipinski definition) is 1. The normalized spacial score (nSPS) is 17.2. The summed E-state index contributed by atoms with van der Waals surface area (Å²) in [5.41, 5.74) is 1.02. The van der Waals surface area contributed by atoms with Crippen LogP contribution in [0.5, 0.6) is 0 Å². The van der Waals surface area contributed by atoms with Crippen LogP contribution in [0.2, 0.25) is 0 Å². The SMILES string of the molecule is C[C@@H]1CCc2c(sc3ncn(CC(=O)N[C@H](C)c4ccc(F)cc4F)c(=O)c23)C1. The number of rotatable bonds is 4. The van der Waals surface area contributed by atoms with E-state index in [1.54, 1.807) is 18.3 Å². The summed E-state index contributed by atoms with van der Waals surface area (Å²) in [5, 5.41) is 3.27. The van der Waals surface area contributed by atoms with Crippen LogP contribution in [0.25, 0.3) is 10.2 Å². The van der Waals surface area contributed by atoms with Gasteiger partial charge >= 0.3 is 0 Å². The van der Waals surface area contributed by atoms with Crippen molar-refractivity contribution < 1.29 is 13.6 Å². The first-order chi connectivity index (χ1) is 13.8. The van der Waals surface area contributed by atoms with Crippen LogP contribution in [0, 0.1) is 17.6 Å². The Balaban J connectivity index is 1.55. The van der Waals surface area contributed by atoms with Gasteiger partial charge in [-0.05, 0) is 43.7 Å². The highest BCUT2D eigenvalue weighted by molar-refractivity contribution is 7.18. The van der Waals surface area contributed by atoms with Gasteiger partial charge < -0.3 is 5.32 Å². The molecule has 5 nitrogen and oxygen atoms in total. The van der Waals surface area contributed by atoms with Crippen LogP contribution in [0.3, 0.4) is 0 Å². The highest BCUT2D eigenvalue weighted by Crippen LogP contribution is 2.35. The molecule has 1 aromatic carbocycles. The van der Waals surface area contributed by atoms with Crippen LogP contribution in [0.4, 0.5) is 8.78 Å². The molecule has 0 bridgehead atoms. The number of carbonyl (C=O) groups excluding carboxylic acids is 1. The molecule has 1 aliphatic rings. The highest BCUT2D eigenvalue weighted by Gasteiger charge is 2.23. The predicted molar refractivity (Wildman–Crippen MR) is 108 cm³/mol. The predicted octanol–water partition coefficient (Wildman–Crippen LogP) is 3.74. The van der Waals surface area contributed by atoms with Crippen molar-refractivity contribution in [1.82, 2.24) is 14.9 Å². The molecule has 152 valence electrons. The van der Waals surface area contributed by atoms with Crippen molar-refractivity contribution in [2.24, 2.45) is 5.92 Å². The number of nitrogens with one attached hydrogen (secondary N) is 1. The van der Waals surface area contributed by atoms with E-state index in [0.717, 1.165) is 37.0 Å². The first-order valence-corrected chi connectivity index (χ1v) is 10.4. The Morgan fingerprint density at radius 3 is 2.97 bits per heavy atom. The number of nitrogens with zero attached hydrogens (tertiary/aromatic N) is 2. The summed E-state index contributed by atoms with van der Waals surface area (Å²) < 4.78 is 28.3. The maximum Gasteiger partial charge on any atom is 0.262 e. The Bertz CT molecular complexity index is 1150. The fourth-order valence-corrected chi connectivity index (χ4v) is 5.19. The second-order valence-electron chi connectivity index (χ2n) is 7.66. The van der Waals surface area contributed by atoms with Crippen LogP contribution >= 0.6 is 11.3 Å². The quantitative estimate of drug-likeness (QED) is 0.703. The zero-order valence-corrected chi connectivity index (χ0v) is 17.0. The van der Waals surface area contributed by atoms with E-state index in [1.165, 1.54) is 21.8 Å². The van der Waals surface area contributed by atoms with Crippen molar-refractivity contribution in [3.63, 3.8) is 0 Å². The molecular weight excluding hydrogens is 396 g/mol. The molecule has 1 amide bonds. The Hall–Kier alpha value is -2.61. The number of aryl methyl sites for hydroxylation is 1. The van der Waals surface area contributed by atoms with E-state index < -0.39 is 23.6 Å². The second-order valence-corrected chi connectivity index (χ2v) is 8.75. The average Bonchev–Trinajstić information content (AvgIpc) is 3.02. The topological polar surface area (TPSA) is 64.0 Å². The van der Waals surface area contributed by atoms with Gasteiger partial charge in [0.2, 0.25) is 5.91 Å². The lowest BCUT2D eigenvalue weighted by Crippen LogP contribution is -2.34. The fraction of sp³-hybridized carbons (Fsp3) is 0.381. The number of fused-ring (bicyclic) bond motifs is 3. The summed E-state index contributed by atoms with van der Waals surface area (Å²) in [4.78, 5) is 31.7. The molecule has 2 atom stereocenters.